The molecule has 3 heterocycles. The average Bonchev–Trinajstić information content (AvgIpc) is 3.25. The summed E-state index contributed by atoms with van der Waals surface area (Å²) in [6.45, 7) is 2.65. The summed E-state index contributed by atoms with van der Waals surface area (Å²) in [6, 6.07) is 11.9. The standard InChI is InChI=1S/C20H22N4O2S/c1-2-18-21-10-8-17(23-18)20-19(16-6-4-3-5-7-16)22-14-24(20)12-15-9-11-27(25,26)13-15/h3-8,10,14-15H,2,9,11-13H2,1H3/t15-/m1/s1. The molecule has 0 bridgehead atoms. The van der Waals surface area contributed by atoms with Gasteiger partial charge in [-0.25, -0.2) is 23.4 Å². The van der Waals surface area contributed by atoms with E-state index >= 15 is 0 Å². The van der Waals surface area contributed by atoms with Crippen molar-refractivity contribution < 1.29 is 8.42 Å². The fourth-order valence-electron chi connectivity index (χ4n) is 3.59. The number of nitrogens with zero attached hydrogens (tertiary/aromatic N) is 4. The van der Waals surface area contributed by atoms with Gasteiger partial charge in [-0.05, 0) is 18.4 Å². The third-order valence-corrected chi connectivity index (χ3v) is 6.77. The normalized spacial score (nSPS) is 18.6. The summed E-state index contributed by atoms with van der Waals surface area (Å²) in [7, 11) is -2.91. The fourth-order valence-corrected chi connectivity index (χ4v) is 5.44. The molecule has 3 aromatic rings. The van der Waals surface area contributed by atoms with Gasteiger partial charge >= 0.3 is 0 Å². The Morgan fingerprint density at radius 1 is 1.15 bits per heavy atom. The van der Waals surface area contributed by atoms with Crippen molar-refractivity contribution in [2.45, 2.75) is 26.3 Å². The van der Waals surface area contributed by atoms with Crippen LogP contribution in [0.3, 0.4) is 0 Å². The maximum absolute atomic E-state index is 11.9. The SMILES string of the molecule is CCc1nccc(-c2c(-c3ccccc3)ncn2C[C@H]2CCS(=O)(=O)C2)n1. The molecule has 6 nitrogen and oxygen atoms in total. The van der Waals surface area contributed by atoms with Crippen LogP contribution in [0, 0.1) is 5.92 Å². The number of hydrogen-bond donors (Lipinski definition) is 0. The highest BCUT2D eigenvalue weighted by molar-refractivity contribution is 7.91. The largest absolute Gasteiger partial charge is 0.328 e. The van der Waals surface area contributed by atoms with Gasteiger partial charge in [0.15, 0.2) is 9.84 Å². The first-order chi connectivity index (χ1) is 13.1. The smallest absolute Gasteiger partial charge is 0.150 e. The zero-order valence-electron chi connectivity index (χ0n) is 15.2. The zero-order chi connectivity index (χ0) is 18.9. The monoisotopic (exact) mass is 382 g/mol. The minimum atomic E-state index is -2.91. The predicted molar refractivity (Wildman–Crippen MR) is 105 cm³/mol. The number of rotatable bonds is 5. The van der Waals surface area contributed by atoms with Crippen LogP contribution in [-0.4, -0.2) is 39.4 Å². The molecule has 0 radical (unpaired) electrons. The number of benzene rings is 1. The van der Waals surface area contributed by atoms with Crippen LogP contribution in [0.25, 0.3) is 22.6 Å². The van der Waals surface area contributed by atoms with E-state index in [-0.39, 0.29) is 17.4 Å². The number of hydrogen-bond acceptors (Lipinski definition) is 5. The minimum absolute atomic E-state index is 0.110. The van der Waals surface area contributed by atoms with E-state index in [1.165, 1.54) is 0 Å². The van der Waals surface area contributed by atoms with Crippen LogP contribution in [0.1, 0.15) is 19.2 Å². The molecule has 1 aliphatic heterocycles. The molecule has 7 heteroatoms. The fraction of sp³-hybridized carbons (Fsp3) is 0.350. The Balaban J connectivity index is 1.78. The highest BCUT2D eigenvalue weighted by atomic mass is 32.2. The van der Waals surface area contributed by atoms with Gasteiger partial charge in [-0.2, -0.15) is 0 Å². The lowest BCUT2D eigenvalue weighted by Gasteiger charge is -2.14. The average molecular weight is 382 g/mol. The topological polar surface area (TPSA) is 77.7 Å². The first-order valence-electron chi connectivity index (χ1n) is 9.19. The highest BCUT2D eigenvalue weighted by Gasteiger charge is 2.29. The lowest BCUT2D eigenvalue weighted by molar-refractivity contribution is 0.493. The second-order valence-electron chi connectivity index (χ2n) is 6.94. The lowest BCUT2D eigenvalue weighted by Crippen LogP contribution is -2.13. The first-order valence-corrected chi connectivity index (χ1v) is 11.0. The van der Waals surface area contributed by atoms with E-state index in [0.717, 1.165) is 34.9 Å². The Hall–Kier alpha value is -2.54. The minimum Gasteiger partial charge on any atom is -0.328 e. The maximum atomic E-state index is 11.9. The van der Waals surface area contributed by atoms with Crippen molar-refractivity contribution in [2.75, 3.05) is 11.5 Å². The van der Waals surface area contributed by atoms with Gasteiger partial charge < -0.3 is 4.57 Å². The van der Waals surface area contributed by atoms with E-state index in [1.807, 2.05) is 43.3 Å². The molecule has 2 aromatic heterocycles. The molecule has 0 N–H and O–H groups in total. The van der Waals surface area contributed by atoms with E-state index in [0.29, 0.717) is 13.0 Å². The summed E-state index contributed by atoms with van der Waals surface area (Å²) in [6.07, 6.45) is 5.03. The molecule has 0 aliphatic carbocycles. The van der Waals surface area contributed by atoms with E-state index in [2.05, 4.69) is 14.5 Å². The molecule has 0 unspecified atom stereocenters. The Morgan fingerprint density at radius 3 is 2.67 bits per heavy atom. The zero-order valence-corrected chi connectivity index (χ0v) is 16.1. The van der Waals surface area contributed by atoms with Gasteiger partial charge in [0.1, 0.15) is 5.82 Å². The summed E-state index contributed by atoms with van der Waals surface area (Å²) < 4.78 is 25.8. The third kappa shape index (κ3) is 3.78. The summed E-state index contributed by atoms with van der Waals surface area (Å²) in [5, 5.41) is 0. The Morgan fingerprint density at radius 2 is 1.96 bits per heavy atom. The van der Waals surface area contributed by atoms with Crippen molar-refractivity contribution in [3.05, 3.63) is 54.7 Å². The molecular formula is C20H22N4O2S. The van der Waals surface area contributed by atoms with Crippen molar-refractivity contribution >= 4 is 9.84 Å². The summed E-state index contributed by atoms with van der Waals surface area (Å²) in [4.78, 5) is 13.6. The van der Waals surface area contributed by atoms with Gasteiger partial charge in [-0.15, -0.1) is 0 Å². The van der Waals surface area contributed by atoms with E-state index in [1.54, 1.807) is 12.5 Å². The molecule has 0 spiro atoms. The van der Waals surface area contributed by atoms with Crippen molar-refractivity contribution in [3.63, 3.8) is 0 Å². The van der Waals surface area contributed by atoms with Crippen LogP contribution in [0.4, 0.5) is 0 Å². The second-order valence-corrected chi connectivity index (χ2v) is 9.17. The number of aromatic nitrogens is 4. The maximum Gasteiger partial charge on any atom is 0.150 e. The van der Waals surface area contributed by atoms with Crippen LogP contribution in [-0.2, 0) is 22.8 Å². The van der Waals surface area contributed by atoms with E-state index in [9.17, 15) is 8.42 Å². The second kappa shape index (κ2) is 7.23. The van der Waals surface area contributed by atoms with Crippen LogP contribution in [0.5, 0.6) is 0 Å². The number of imidazole rings is 1. The summed E-state index contributed by atoms with van der Waals surface area (Å²) in [5.74, 6) is 1.41. The molecular weight excluding hydrogens is 360 g/mol. The molecule has 1 atom stereocenters. The molecule has 1 aliphatic rings. The number of sulfone groups is 1. The Bertz CT molecular complexity index is 1040. The van der Waals surface area contributed by atoms with Crippen molar-refractivity contribution in [3.8, 4) is 22.6 Å². The molecule has 0 saturated carbocycles. The van der Waals surface area contributed by atoms with E-state index < -0.39 is 9.84 Å². The molecule has 140 valence electrons. The van der Waals surface area contributed by atoms with Crippen molar-refractivity contribution in [1.29, 1.82) is 0 Å². The molecule has 1 aromatic carbocycles. The van der Waals surface area contributed by atoms with Crippen LogP contribution >= 0.6 is 0 Å². The number of aryl methyl sites for hydroxylation is 1. The van der Waals surface area contributed by atoms with Gasteiger partial charge in [0, 0.05) is 24.7 Å². The molecule has 0 amide bonds. The van der Waals surface area contributed by atoms with Crippen LogP contribution < -0.4 is 0 Å². The van der Waals surface area contributed by atoms with Crippen molar-refractivity contribution in [2.24, 2.45) is 5.92 Å². The Labute approximate surface area is 159 Å². The molecule has 1 fully saturated rings. The molecule has 1 saturated heterocycles. The highest BCUT2D eigenvalue weighted by Crippen LogP contribution is 2.32. The Kier molecular flexibility index (Phi) is 4.78. The predicted octanol–water partition coefficient (Wildman–Crippen LogP) is 3.00. The van der Waals surface area contributed by atoms with Gasteiger partial charge in [-0.3, -0.25) is 0 Å². The first kappa shape index (κ1) is 17.9. The van der Waals surface area contributed by atoms with Crippen LogP contribution in [0.15, 0.2) is 48.9 Å². The van der Waals surface area contributed by atoms with Gasteiger partial charge in [-0.1, -0.05) is 37.3 Å². The van der Waals surface area contributed by atoms with Gasteiger partial charge in [0.2, 0.25) is 0 Å². The van der Waals surface area contributed by atoms with Crippen LogP contribution in [0.2, 0.25) is 0 Å². The quantitative estimate of drug-likeness (QED) is 0.678. The van der Waals surface area contributed by atoms with Gasteiger partial charge in [0.05, 0.1) is 34.9 Å². The van der Waals surface area contributed by atoms with Crippen molar-refractivity contribution in [1.82, 2.24) is 19.5 Å². The van der Waals surface area contributed by atoms with Gasteiger partial charge in [0.25, 0.3) is 0 Å². The summed E-state index contributed by atoms with van der Waals surface area (Å²) >= 11 is 0. The third-order valence-electron chi connectivity index (χ3n) is 4.93. The van der Waals surface area contributed by atoms with E-state index in [4.69, 9.17) is 4.98 Å². The lowest BCUT2D eigenvalue weighted by atomic mass is 10.1. The summed E-state index contributed by atoms with van der Waals surface area (Å²) in [5.41, 5.74) is 3.61. The molecule has 4 rings (SSSR count). The molecule has 27 heavy (non-hydrogen) atoms.